The van der Waals surface area contributed by atoms with Gasteiger partial charge in [0.25, 0.3) is 15.9 Å². The number of hydrogen-bond acceptors (Lipinski definition) is 3. The number of carbonyl (C=O) groups excluding carboxylic acids is 1. The maximum atomic E-state index is 13.5. The minimum atomic E-state index is -4.16. The molecule has 0 aromatic heterocycles. The van der Waals surface area contributed by atoms with Crippen molar-refractivity contribution in [1.29, 1.82) is 0 Å². The molecule has 4 nitrogen and oxygen atoms in total. The van der Waals surface area contributed by atoms with E-state index in [1.54, 1.807) is 24.3 Å². The molecule has 3 aromatic carbocycles. The molecule has 0 aliphatic carbocycles. The summed E-state index contributed by atoms with van der Waals surface area (Å²) in [5.41, 5.74) is 4.10. The third kappa shape index (κ3) is 4.11. The molecule has 0 radical (unpaired) electrons. The van der Waals surface area contributed by atoms with E-state index < -0.39 is 15.9 Å². The first kappa shape index (κ1) is 21.3. The molecule has 0 atom stereocenters. The van der Waals surface area contributed by atoms with E-state index in [2.05, 4.69) is 13.2 Å². The highest BCUT2D eigenvalue weighted by Gasteiger charge is 2.31. The fraction of sp³-hybridized carbons (Fsp3) is 0.0800. The number of rotatable bonds is 6. The lowest BCUT2D eigenvalue weighted by Crippen LogP contribution is -2.36. The molecular weight excluding hydrogens is 394 g/mol. The minimum absolute atomic E-state index is 0.0279. The van der Waals surface area contributed by atoms with Crippen LogP contribution in [-0.2, 0) is 14.8 Å². The van der Waals surface area contributed by atoms with Crippen molar-refractivity contribution in [3.05, 3.63) is 114 Å². The van der Waals surface area contributed by atoms with Crippen LogP contribution in [0.25, 0.3) is 5.57 Å². The van der Waals surface area contributed by atoms with Crippen LogP contribution in [0.3, 0.4) is 0 Å². The molecule has 5 heteroatoms. The van der Waals surface area contributed by atoms with Crippen LogP contribution in [0.2, 0.25) is 0 Å². The van der Waals surface area contributed by atoms with E-state index >= 15 is 0 Å². The van der Waals surface area contributed by atoms with E-state index in [9.17, 15) is 13.2 Å². The summed E-state index contributed by atoms with van der Waals surface area (Å²) in [7, 11) is -4.16. The predicted molar refractivity (Wildman–Crippen MR) is 122 cm³/mol. The van der Waals surface area contributed by atoms with Gasteiger partial charge in [0.2, 0.25) is 0 Å². The van der Waals surface area contributed by atoms with Gasteiger partial charge in [0, 0.05) is 5.56 Å². The molecular formula is C25H23NO3S. The van der Waals surface area contributed by atoms with Gasteiger partial charge in [0.05, 0.1) is 10.6 Å². The van der Waals surface area contributed by atoms with E-state index in [0.29, 0.717) is 11.1 Å². The van der Waals surface area contributed by atoms with Gasteiger partial charge in [-0.1, -0.05) is 72.8 Å². The zero-order chi connectivity index (χ0) is 21.9. The molecule has 0 fully saturated rings. The topological polar surface area (TPSA) is 54.5 Å². The Hall–Kier alpha value is -3.44. The summed E-state index contributed by atoms with van der Waals surface area (Å²) in [4.78, 5) is 12.8. The third-order valence-corrected chi connectivity index (χ3v) is 6.48. The van der Waals surface area contributed by atoms with Crippen LogP contribution < -0.4 is 4.31 Å². The van der Waals surface area contributed by atoms with Crippen LogP contribution >= 0.6 is 0 Å². The number of sulfonamides is 1. The van der Waals surface area contributed by atoms with Crippen molar-refractivity contribution >= 4 is 27.2 Å². The molecule has 0 spiro atoms. The summed E-state index contributed by atoms with van der Waals surface area (Å²) in [6, 6.07) is 21.0. The number of hydrogen-bond donors (Lipinski definition) is 0. The zero-order valence-corrected chi connectivity index (χ0v) is 17.8. The second-order valence-corrected chi connectivity index (χ2v) is 8.78. The highest BCUT2D eigenvalue weighted by Crippen LogP contribution is 2.35. The van der Waals surface area contributed by atoms with Crippen LogP contribution in [0.4, 0.5) is 5.69 Å². The van der Waals surface area contributed by atoms with Crippen molar-refractivity contribution in [2.24, 2.45) is 0 Å². The predicted octanol–water partition coefficient (Wildman–Crippen LogP) is 5.27. The standard InChI is InChI=1S/C25H23NO3S/c1-5-25(27)26(30(28,29)22-14-11-18(2)12-15-22)24-16-13-19(3)17-23(24)20(4)21-9-7-6-8-10-21/h5-17H,1,4H2,2-3H3. The van der Waals surface area contributed by atoms with Gasteiger partial charge >= 0.3 is 0 Å². The molecule has 0 unspecified atom stereocenters. The first-order chi connectivity index (χ1) is 14.3. The van der Waals surface area contributed by atoms with E-state index in [-0.39, 0.29) is 10.6 Å². The average molecular weight is 418 g/mol. The molecule has 0 saturated heterocycles. The van der Waals surface area contributed by atoms with Gasteiger partial charge in [0.1, 0.15) is 0 Å². The quantitative estimate of drug-likeness (QED) is 0.513. The number of benzene rings is 3. The van der Waals surface area contributed by atoms with Crippen molar-refractivity contribution in [2.75, 3.05) is 4.31 Å². The summed E-state index contributed by atoms with van der Waals surface area (Å²) in [6.45, 7) is 11.4. The SMILES string of the molecule is C=CC(=O)N(c1ccc(C)cc1C(=C)c1ccccc1)S(=O)(=O)c1ccc(C)cc1. The fourth-order valence-electron chi connectivity index (χ4n) is 3.13. The molecule has 3 aromatic rings. The molecule has 0 N–H and O–H groups in total. The van der Waals surface area contributed by atoms with Crippen LogP contribution in [0.5, 0.6) is 0 Å². The van der Waals surface area contributed by atoms with Crippen LogP contribution in [0, 0.1) is 13.8 Å². The molecule has 0 saturated carbocycles. The van der Waals surface area contributed by atoms with Gasteiger partial charge < -0.3 is 0 Å². The largest absolute Gasteiger partial charge is 0.271 e. The summed E-state index contributed by atoms with van der Waals surface area (Å²) in [6.07, 6.45) is 1.00. The Morgan fingerprint density at radius 1 is 0.900 bits per heavy atom. The van der Waals surface area contributed by atoms with Crippen molar-refractivity contribution in [1.82, 2.24) is 0 Å². The van der Waals surface area contributed by atoms with Gasteiger partial charge in [-0.15, -0.1) is 0 Å². The van der Waals surface area contributed by atoms with E-state index in [4.69, 9.17) is 0 Å². The summed E-state index contributed by atoms with van der Waals surface area (Å²) >= 11 is 0. The summed E-state index contributed by atoms with van der Waals surface area (Å²) in [5, 5.41) is 0. The molecule has 0 heterocycles. The first-order valence-corrected chi connectivity index (χ1v) is 10.8. The Morgan fingerprint density at radius 2 is 1.50 bits per heavy atom. The third-order valence-electron chi connectivity index (χ3n) is 4.75. The van der Waals surface area contributed by atoms with Crippen molar-refractivity contribution < 1.29 is 13.2 Å². The average Bonchev–Trinajstić information content (AvgIpc) is 2.75. The number of nitrogens with zero attached hydrogens (tertiary/aromatic N) is 1. The number of aryl methyl sites for hydroxylation is 2. The lowest BCUT2D eigenvalue weighted by molar-refractivity contribution is -0.113. The molecule has 0 aliphatic rings. The normalized spacial score (nSPS) is 11.0. The Balaban J connectivity index is 2.23. The van der Waals surface area contributed by atoms with E-state index in [1.165, 1.54) is 12.1 Å². The Kier molecular flexibility index (Phi) is 6.04. The van der Waals surface area contributed by atoms with E-state index in [0.717, 1.165) is 27.1 Å². The van der Waals surface area contributed by atoms with Crippen molar-refractivity contribution in [3.8, 4) is 0 Å². The summed E-state index contributed by atoms with van der Waals surface area (Å²) in [5.74, 6) is -0.735. The van der Waals surface area contributed by atoms with Crippen molar-refractivity contribution in [2.45, 2.75) is 18.7 Å². The van der Waals surface area contributed by atoms with Gasteiger partial charge in [-0.3, -0.25) is 4.79 Å². The van der Waals surface area contributed by atoms with Gasteiger partial charge in [-0.25, -0.2) is 8.42 Å². The lowest BCUT2D eigenvalue weighted by Gasteiger charge is -2.25. The van der Waals surface area contributed by atoms with Gasteiger partial charge in [-0.05, 0) is 55.3 Å². The molecule has 0 bridgehead atoms. The zero-order valence-electron chi connectivity index (χ0n) is 17.0. The van der Waals surface area contributed by atoms with Crippen LogP contribution in [0.1, 0.15) is 22.3 Å². The number of anilines is 1. The van der Waals surface area contributed by atoms with E-state index in [1.807, 2.05) is 50.2 Å². The summed E-state index contributed by atoms with van der Waals surface area (Å²) < 4.78 is 27.7. The Morgan fingerprint density at radius 3 is 2.10 bits per heavy atom. The highest BCUT2D eigenvalue weighted by atomic mass is 32.2. The highest BCUT2D eigenvalue weighted by molar-refractivity contribution is 7.93. The fourth-order valence-corrected chi connectivity index (χ4v) is 4.55. The second-order valence-electron chi connectivity index (χ2n) is 6.99. The van der Waals surface area contributed by atoms with Gasteiger partial charge in [0.15, 0.2) is 0 Å². The number of carbonyl (C=O) groups is 1. The van der Waals surface area contributed by atoms with Crippen LogP contribution in [-0.4, -0.2) is 14.3 Å². The molecule has 1 amide bonds. The maximum Gasteiger partial charge on any atom is 0.271 e. The number of amides is 1. The lowest BCUT2D eigenvalue weighted by atomic mass is 9.96. The molecule has 3 rings (SSSR count). The first-order valence-electron chi connectivity index (χ1n) is 9.39. The smallest absolute Gasteiger partial charge is 0.268 e. The maximum absolute atomic E-state index is 13.5. The Labute approximate surface area is 177 Å². The molecule has 152 valence electrons. The second kappa shape index (κ2) is 8.51. The Bertz CT molecular complexity index is 1210. The monoisotopic (exact) mass is 417 g/mol. The molecule has 0 aliphatic heterocycles. The molecule has 30 heavy (non-hydrogen) atoms. The van der Waals surface area contributed by atoms with Crippen LogP contribution in [0.15, 0.2) is 96.9 Å². The minimum Gasteiger partial charge on any atom is -0.268 e. The van der Waals surface area contributed by atoms with Crippen molar-refractivity contribution in [3.63, 3.8) is 0 Å². The van der Waals surface area contributed by atoms with Gasteiger partial charge in [-0.2, -0.15) is 4.31 Å².